The molecule has 7 heteroatoms. The van der Waals surface area contributed by atoms with Crippen LogP contribution in [0.2, 0.25) is 0 Å². The van der Waals surface area contributed by atoms with Crippen molar-refractivity contribution in [2.45, 2.75) is 57.7 Å². The standard InChI is InChI=1S/C14H24N4O.2ClH/c1-11(9-18-8-7-16-10-18)17-13(19)12-5-3-4-6-14(12,2)15;;/h7-8,10-12H,3-6,9,15H2,1-2H3,(H,17,19);2*1H. The maximum Gasteiger partial charge on any atom is 0.225 e. The van der Waals surface area contributed by atoms with Crippen molar-refractivity contribution in [3.05, 3.63) is 18.7 Å². The van der Waals surface area contributed by atoms with Crippen molar-refractivity contribution in [3.8, 4) is 0 Å². The van der Waals surface area contributed by atoms with E-state index in [1.54, 1.807) is 12.5 Å². The largest absolute Gasteiger partial charge is 0.352 e. The molecule has 0 aliphatic heterocycles. The van der Waals surface area contributed by atoms with E-state index in [0.29, 0.717) is 0 Å². The highest BCUT2D eigenvalue weighted by atomic mass is 35.5. The second-order valence-electron chi connectivity index (χ2n) is 5.97. The van der Waals surface area contributed by atoms with E-state index >= 15 is 0 Å². The number of imidazole rings is 1. The van der Waals surface area contributed by atoms with E-state index in [9.17, 15) is 4.79 Å². The summed E-state index contributed by atoms with van der Waals surface area (Å²) in [5.74, 6) is 0.0313. The number of hydrogen-bond donors (Lipinski definition) is 2. The van der Waals surface area contributed by atoms with Gasteiger partial charge in [0.25, 0.3) is 0 Å². The topological polar surface area (TPSA) is 72.9 Å². The molecule has 0 bridgehead atoms. The summed E-state index contributed by atoms with van der Waals surface area (Å²) in [6, 6.07) is 0.0828. The minimum Gasteiger partial charge on any atom is -0.352 e. The van der Waals surface area contributed by atoms with Crippen molar-refractivity contribution in [1.29, 1.82) is 0 Å². The van der Waals surface area contributed by atoms with Crippen LogP contribution in [-0.2, 0) is 11.3 Å². The van der Waals surface area contributed by atoms with Crippen LogP contribution in [0, 0.1) is 5.92 Å². The fourth-order valence-corrected chi connectivity index (χ4v) is 2.89. The minimum atomic E-state index is -0.364. The van der Waals surface area contributed by atoms with Gasteiger partial charge in [-0.05, 0) is 26.7 Å². The van der Waals surface area contributed by atoms with Gasteiger partial charge in [-0.25, -0.2) is 4.98 Å². The summed E-state index contributed by atoms with van der Waals surface area (Å²) >= 11 is 0. The first-order valence-electron chi connectivity index (χ1n) is 7.04. The van der Waals surface area contributed by atoms with Crippen molar-refractivity contribution < 1.29 is 4.79 Å². The van der Waals surface area contributed by atoms with E-state index in [2.05, 4.69) is 10.3 Å². The summed E-state index contributed by atoms with van der Waals surface area (Å²) in [6.07, 6.45) is 9.46. The predicted molar refractivity (Wildman–Crippen MR) is 88.9 cm³/mol. The minimum absolute atomic E-state index is 0. The summed E-state index contributed by atoms with van der Waals surface area (Å²) in [7, 11) is 0. The van der Waals surface area contributed by atoms with Crippen LogP contribution >= 0.6 is 24.8 Å². The lowest BCUT2D eigenvalue weighted by Gasteiger charge is -2.37. The SMILES string of the molecule is CC(Cn1ccnc1)NC(=O)C1CCCCC1(C)N.Cl.Cl. The number of nitrogens with zero attached hydrogens (tertiary/aromatic N) is 2. The first kappa shape index (κ1) is 20.2. The normalized spacial score (nSPS) is 26.1. The van der Waals surface area contributed by atoms with Crippen LogP contribution < -0.4 is 11.1 Å². The molecule has 1 aromatic rings. The van der Waals surface area contributed by atoms with Crippen LogP contribution in [0.15, 0.2) is 18.7 Å². The van der Waals surface area contributed by atoms with Gasteiger partial charge in [0.05, 0.1) is 12.2 Å². The zero-order valence-electron chi connectivity index (χ0n) is 12.6. The molecule has 3 unspecified atom stereocenters. The number of aromatic nitrogens is 2. The lowest BCUT2D eigenvalue weighted by Crippen LogP contribution is -2.54. The molecule has 1 aliphatic rings. The van der Waals surface area contributed by atoms with Gasteiger partial charge in [-0.1, -0.05) is 12.8 Å². The van der Waals surface area contributed by atoms with Gasteiger partial charge in [-0.3, -0.25) is 4.79 Å². The number of rotatable bonds is 4. The van der Waals surface area contributed by atoms with Crippen molar-refractivity contribution in [1.82, 2.24) is 14.9 Å². The molecule has 0 radical (unpaired) electrons. The molecule has 1 saturated carbocycles. The first-order valence-corrected chi connectivity index (χ1v) is 7.04. The highest BCUT2D eigenvalue weighted by Crippen LogP contribution is 2.31. The molecule has 0 aromatic carbocycles. The first-order chi connectivity index (χ1) is 8.99. The summed E-state index contributed by atoms with van der Waals surface area (Å²) in [6.45, 7) is 4.74. The Balaban J connectivity index is 0.00000200. The van der Waals surface area contributed by atoms with Crippen LogP contribution in [0.5, 0.6) is 0 Å². The molecule has 0 spiro atoms. The van der Waals surface area contributed by atoms with Crippen molar-refractivity contribution in [2.24, 2.45) is 11.7 Å². The molecule has 21 heavy (non-hydrogen) atoms. The Kier molecular flexibility index (Phi) is 8.29. The third kappa shape index (κ3) is 5.49. The summed E-state index contributed by atoms with van der Waals surface area (Å²) in [4.78, 5) is 16.3. The van der Waals surface area contributed by atoms with Crippen LogP contribution in [0.3, 0.4) is 0 Å². The molecule has 1 aromatic heterocycles. The highest BCUT2D eigenvalue weighted by Gasteiger charge is 2.37. The maximum absolute atomic E-state index is 12.3. The van der Waals surface area contributed by atoms with E-state index < -0.39 is 0 Å². The van der Waals surface area contributed by atoms with Gasteiger partial charge in [-0.15, -0.1) is 24.8 Å². The number of hydrogen-bond acceptors (Lipinski definition) is 3. The third-order valence-corrected chi connectivity index (χ3v) is 4.00. The second kappa shape index (κ2) is 8.61. The Labute approximate surface area is 138 Å². The number of halogens is 2. The molecule has 5 nitrogen and oxygen atoms in total. The van der Waals surface area contributed by atoms with E-state index in [1.165, 1.54) is 0 Å². The molecule has 3 atom stereocenters. The Hall–Kier alpha value is -0.780. The smallest absolute Gasteiger partial charge is 0.225 e. The van der Waals surface area contributed by atoms with Gasteiger partial charge >= 0.3 is 0 Å². The molecular weight excluding hydrogens is 311 g/mol. The van der Waals surface area contributed by atoms with E-state index in [1.807, 2.05) is 24.6 Å². The van der Waals surface area contributed by atoms with Gasteiger partial charge in [0.2, 0.25) is 5.91 Å². The number of carbonyl (C=O) groups excluding carboxylic acids is 1. The molecule has 3 N–H and O–H groups in total. The maximum atomic E-state index is 12.3. The van der Waals surface area contributed by atoms with E-state index in [-0.39, 0.29) is 48.2 Å². The van der Waals surface area contributed by atoms with Gasteiger partial charge < -0.3 is 15.6 Å². The van der Waals surface area contributed by atoms with Gasteiger partial charge in [0.1, 0.15) is 0 Å². The van der Waals surface area contributed by atoms with E-state index in [4.69, 9.17) is 5.73 Å². The van der Waals surface area contributed by atoms with Crippen LogP contribution in [-0.4, -0.2) is 27.0 Å². The number of nitrogens with two attached hydrogens (primary N) is 1. The zero-order valence-corrected chi connectivity index (χ0v) is 14.3. The Morgan fingerprint density at radius 1 is 1.52 bits per heavy atom. The molecule has 1 amide bonds. The molecule has 1 aliphatic carbocycles. The number of nitrogens with one attached hydrogen (secondary N) is 1. The van der Waals surface area contributed by atoms with Crippen LogP contribution in [0.25, 0.3) is 0 Å². The van der Waals surface area contributed by atoms with Gasteiger partial charge in [0.15, 0.2) is 0 Å². The Morgan fingerprint density at radius 3 is 2.81 bits per heavy atom. The monoisotopic (exact) mass is 336 g/mol. The van der Waals surface area contributed by atoms with E-state index in [0.717, 1.165) is 32.2 Å². The molecule has 1 fully saturated rings. The highest BCUT2D eigenvalue weighted by molar-refractivity contribution is 5.85. The van der Waals surface area contributed by atoms with Gasteiger partial charge in [-0.2, -0.15) is 0 Å². The second-order valence-corrected chi connectivity index (χ2v) is 5.97. The quantitative estimate of drug-likeness (QED) is 0.884. The lowest BCUT2D eigenvalue weighted by atomic mass is 9.74. The lowest BCUT2D eigenvalue weighted by molar-refractivity contribution is -0.128. The number of carbonyl (C=O) groups is 1. The third-order valence-electron chi connectivity index (χ3n) is 4.00. The fraction of sp³-hybridized carbons (Fsp3) is 0.714. The Bertz CT molecular complexity index is 423. The number of amides is 1. The molecule has 122 valence electrons. The van der Waals surface area contributed by atoms with Crippen LogP contribution in [0.4, 0.5) is 0 Å². The zero-order chi connectivity index (χ0) is 13.9. The summed E-state index contributed by atoms with van der Waals surface area (Å²) in [5, 5.41) is 3.08. The van der Waals surface area contributed by atoms with Crippen molar-refractivity contribution in [3.63, 3.8) is 0 Å². The predicted octanol–water partition coefficient (Wildman–Crippen LogP) is 2.14. The molecule has 2 rings (SSSR count). The fourth-order valence-electron chi connectivity index (χ4n) is 2.89. The summed E-state index contributed by atoms with van der Waals surface area (Å²) in [5.41, 5.74) is 5.89. The summed E-state index contributed by atoms with van der Waals surface area (Å²) < 4.78 is 1.97. The molecule has 0 saturated heterocycles. The average Bonchev–Trinajstić information content (AvgIpc) is 2.80. The van der Waals surface area contributed by atoms with Crippen LogP contribution in [0.1, 0.15) is 39.5 Å². The van der Waals surface area contributed by atoms with Crippen molar-refractivity contribution in [2.75, 3.05) is 0 Å². The van der Waals surface area contributed by atoms with Gasteiger partial charge in [0, 0.05) is 30.5 Å². The average molecular weight is 337 g/mol. The Morgan fingerprint density at radius 2 is 2.24 bits per heavy atom. The molecular formula is C14H26Cl2N4O. The molecule has 1 heterocycles. The van der Waals surface area contributed by atoms with Crippen molar-refractivity contribution >= 4 is 30.7 Å².